The van der Waals surface area contributed by atoms with E-state index in [0.29, 0.717) is 16.7 Å². The Morgan fingerprint density at radius 2 is 1.64 bits per heavy atom. The molecule has 0 spiro atoms. The number of nitrogens with one attached hydrogen (secondary N) is 2. The minimum atomic E-state index is 0.626. The minimum absolute atomic E-state index is 0.626. The highest BCUT2D eigenvalue weighted by molar-refractivity contribution is 6.30. The summed E-state index contributed by atoms with van der Waals surface area (Å²) in [6, 6.07) is 18.0. The molecule has 0 aliphatic carbocycles. The lowest BCUT2D eigenvalue weighted by molar-refractivity contribution is -1.02. The summed E-state index contributed by atoms with van der Waals surface area (Å²) in [7, 11) is 0. The second-order valence-corrected chi connectivity index (χ2v) is 7.65. The molecule has 2 heterocycles. The van der Waals surface area contributed by atoms with E-state index in [1.54, 1.807) is 4.90 Å². The second-order valence-electron chi connectivity index (χ2n) is 7.21. The van der Waals surface area contributed by atoms with E-state index in [0.717, 1.165) is 44.8 Å². The van der Waals surface area contributed by atoms with Crippen molar-refractivity contribution in [2.45, 2.75) is 6.54 Å². The first-order valence-corrected chi connectivity index (χ1v) is 10.1. The molecule has 5 nitrogen and oxygen atoms in total. The highest BCUT2D eigenvalue weighted by atomic mass is 35.5. The van der Waals surface area contributed by atoms with Gasteiger partial charge in [-0.1, -0.05) is 53.2 Å². The van der Waals surface area contributed by atoms with Crippen molar-refractivity contribution in [1.29, 1.82) is 0 Å². The Bertz CT molecular complexity index is 900. The maximum absolute atomic E-state index is 5.93. The summed E-state index contributed by atoms with van der Waals surface area (Å²) in [4.78, 5) is 7.68. The largest absolute Gasteiger partial charge is 0.333 e. The van der Waals surface area contributed by atoms with Gasteiger partial charge in [-0.15, -0.1) is 0 Å². The van der Waals surface area contributed by atoms with Crippen molar-refractivity contribution < 1.29 is 14.3 Å². The summed E-state index contributed by atoms with van der Waals surface area (Å²) >= 11 is 5.93. The Balaban J connectivity index is 1.24. The fourth-order valence-electron chi connectivity index (χ4n) is 3.52. The molecule has 1 saturated heterocycles. The molecule has 3 aromatic rings. The van der Waals surface area contributed by atoms with Crippen molar-refractivity contribution in [3.05, 3.63) is 77.2 Å². The summed E-state index contributed by atoms with van der Waals surface area (Å²) < 4.78 is 5.46. The number of hydrogen-bond acceptors (Lipinski definition) is 3. The third kappa shape index (κ3) is 5.07. The molecule has 1 aliphatic heterocycles. The Kier molecular flexibility index (Phi) is 6.17. The SMILES string of the molecule is Clc1ccc(-c2noc(C[NH+]3CC[NH+](C/C=C/c4ccccc4)CC3)n2)cc1. The van der Waals surface area contributed by atoms with E-state index in [1.807, 2.05) is 30.3 Å². The van der Waals surface area contributed by atoms with Gasteiger partial charge in [-0.05, 0) is 35.9 Å². The molecule has 0 unspecified atom stereocenters. The Hall–Kier alpha value is -2.47. The Labute approximate surface area is 170 Å². The number of nitrogens with zero attached hydrogens (tertiary/aromatic N) is 2. The molecule has 28 heavy (non-hydrogen) atoms. The van der Waals surface area contributed by atoms with Crippen LogP contribution in [0.15, 0.2) is 65.2 Å². The van der Waals surface area contributed by atoms with Crippen LogP contribution in [0.2, 0.25) is 5.02 Å². The zero-order valence-electron chi connectivity index (χ0n) is 15.8. The zero-order valence-corrected chi connectivity index (χ0v) is 16.5. The number of quaternary nitrogens is 2. The first-order valence-electron chi connectivity index (χ1n) is 9.73. The number of halogens is 1. The van der Waals surface area contributed by atoms with Crippen molar-refractivity contribution in [2.24, 2.45) is 0 Å². The van der Waals surface area contributed by atoms with Gasteiger partial charge in [-0.3, -0.25) is 0 Å². The first-order chi connectivity index (χ1) is 13.8. The van der Waals surface area contributed by atoms with Crippen LogP contribution in [-0.4, -0.2) is 42.9 Å². The fraction of sp³-hybridized carbons (Fsp3) is 0.273. The van der Waals surface area contributed by atoms with Crippen LogP contribution in [0.5, 0.6) is 0 Å². The van der Waals surface area contributed by atoms with Gasteiger partial charge in [0.1, 0.15) is 26.2 Å². The van der Waals surface area contributed by atoms with Gasteiger partial charge in [-0.25, -0.2) is 0 Å². The number of piperazine rings is 1. The fourth-order valence-corrected chi connectivity index (χ4v) is 3.65. The average molecular weight is 397 g/mol. The Morgan fingerprint density at radius 3 is 2.39 bits per heavy atom. The predicted octanol–water partition coefficient (Wildman–Crippen LogP) is 1.39. The van der Waals surface area contributed by atoms with Crippen LogP contribution >= 0.6 is 11.6 Å². The standard InChI is InChI=1S/C22H23ClN4O/c23-20-10-8-19(9-11-20)22-24-21(28-25-22)17-27-15-13-26(14-16-27)12-4-7-18-5-2-1-3-6-18/h1-11H,12-17H2/p+2/b7-4+. The van der Waals surface area contributed by atoms with Crippen LogP contribution in [-0.2, 0) is 6.54 Å². The summed E-state index contributed by atoms with van der Waals surface area (Å²) in [5.41, 5.74) is 2.19. The lowest BCUT2D eigenvalue weighted by atomic mass is 10.2. The maximum Gasteiger partial charge on any atom is 0.282 e. The van der Waals surface area contributed by atoms with E-state index in [4.69, 9.17) is 16.1 Å². The van der Waals surface area contributed by atoms with Gasteiger partial charge in [-0.2, -0.15) is 4.98 Å². The van der Waals surface area contributed by atoms with Crippen molar-refractivity contribution in [3.63, 3.8) is 0 Å². The van der Waals surface area contributed by atoms with Gasteiger partial charge in [0.2, 0.25) is 5.82 Å². The lowest BCUT2D eigenvalue weighted by Crippen LogP contribution is -3.27. The van der Waals surface area contributed by atoms with Gasteiger partial charge in [0.25, 0.3) is 5.89 Å². The van der Waals surface area contributed by atoms with E-state index in [9.17, 15) is 0 Å². The first kappa shape index (κ1) is 18.9. The van der Waals surface area contributed by atoms with Gasteiger partial charge in [0.15, 0.2) is 6.54 Å². The Morgan fingerprint density at radius 1 is 0.929 bits per heavy atom. The third-order valence-electron chi connectivity index (χ3n) is 5.15. The summed E-state index contributed by atoms with van der Waals surface area (Å²) in [6.07, 6.45) is 4.50. The van der Waals surface area contributed by atoms with Crippen LogP contribution in [0.4, 0.5) is 0 Å². The van der Waals surface area contributed by atoms with Crippen LogP contribution in [0.25, 0.3) is 17.5 Å². The monoisotopic (exact) mass is 396 g/mol. The van der Waals surface area contributed by atoms with Crippen molar-refractivity contribution in [3.8, 4) is 11.4 Å². The summed E-state index contributed by atoms with van der Waals surface area (Å²) in [6.45, 7) is 6.41. The van der Waals surface area contributed by atoms with Gasteiger partial charge < -0.3 is 14.3 Å². The second kappa shape index (κ2) is 9.15. The third-order valence-corrected chi connectivity index (χ3v) is 5.40. The molecule has 0 amide bonds. The molecule has 1 aromatic heterocycles. The number of aromatic nitrogens is 2. The molecule has 144 valence electrons. The smallest absolute Gasteiger partial charge is 0.282 e. The van der Waals surface area contributed by atoms with Gasteiger partial charge >= 0.3 is 0 Å². The molecule has 0 bridgehead atoms. The van der Waals surface area contributed by atoms with Crippen LogP contribution in [0, 0.1) is 0 Å². The van der Waals surface area contributed by atoms with Gasteiger partial charge in [0.05, 0.1) is 6.54 Å². The van der Waals surface area contributed by atoms with E-state index < -0.39 is 0 Å². The van der Waals surface area contributed by atoms with Crippen molar-refractivity contribution in [2.75, 3.05) is 32.7 Å². The average Bonchev–Trinajstić information content (AvgIpc) is 3.19. The number of benzene rings is 2. The molecule has 0 atom stereocenters. The predicted molar refractivity (Wildman–Crippen MR) is 110 cm³/mol. The van der Waals surface area contributed by atoms with Crippen LogP contribution in [0.1, 0.15) is 11.5 Å². The molecule has 2 N–H and O–H groups in total. The number of hydrogen-bond donors (Lipinski definition) is 2. The lowest BCUT2D eigenvalue weighted by Gasteiger charge is -2.28. The summed E-state index contributed by atoms with van der Waals surface area (Å²) in [5.74, 6) is 1.33. The zero-order chi connectivity index (χ0) is 19.2. The van der Waals surface area contributed by atoms with E-state index >= 15 is 0 Å². The van der Waals surface area contributed by atoms with E-state index in [1.165, 1.54) is 10.5 Å². The molecule has 0 radical (unpaired) electrons. The minimum Gasteiger partial charge on any atom is -0.333 e. The summed E-state index contributed by atoms with van der Waals surface area (Å²) in [5, 5.41) is 4.81. The maximum atomic E-state index is 5.93. The molecule has 0 saturated carbocycles. The van der Waals surface area contributed by atoms with E-state index in [2.05, 4.69) is 46.6 Å². The molecule has 6 heteroatoms. The topological polar surface area (TPSA) is 47.8 Å². The number of rotatable bonds is 6. The van der Waals surface area contributed by atoms with Crippen molar-refractivity contribution >= 4 is 17.7 Å². The molecule has 2 aromatic carbocycles. The highest BCUT2D eigenvalue weighted by Crippen LogP contribution is 2.18. The van der Waals surface area contributed by atoms with Crippen LogP contribution < -0.4 is 9.80 Å². The highest BCUT2D eigenvalue weighted by Gasteiger charge is 2.24. The van der Waals surface area contributed by atoms with E-state index in [-0.39, 0.29) is 0 Å². The molecule has 1 fully saturated rings. The van der Waals surface area contributed by atoms with Gasteiger partial charge in [0, 0.05) is 10.6 Å². The van der Waals surface area contributed by atoms with Crippen molar-refractivity contribution in [1.82, 2.24) is 10.1 Å². The quantitative estimate of drug-likeness (QED) is 0.662. The van der Waals surface area contributed by atoms with Crippen LogP contribution in [0.3, 0.4) is 0 Å². The molecule has 1 aliphatic rings. The molecular formula is C22H25ClN4O+2. The molecule has 4 rings (SSSR count). The normalized spacial score (nSPS) is 19.9. The molecular weight excluding hydrogens is 372 g/mol.